The molecule has 0 radical (unpaired) electrons. The zero-order chi connectivity index (χ0) is 13.4. The molecule has 0 saturated heterocycles. The van der Waals surface area contributed by atoms with Gasteiger partial charge in [-0.15, -0.1) is 0 Å². The summed E-state index contributed by atoms with van der Waals surface area (Å²) in [5, 5.41) is 2.49. The van der Waals surface area contributed by atoms with Crippen molar-refractivity contribution in [2.75, 3.05) is 7.11 Å². The van der Waals surface area contributed by atoms with Gasteiger partial charge in [-0.05, 0) is 43.9 Å². The lowest BCUT2D eigenvalue weighted by Crippen LogP contribution is -2.23. The maximum atomic E-state index is 6.25. The summed E-state index contributed by atoms with van der Waals surface area (Å²) in [5.41, 5.74) is 1.12. The van der Waals surface area contributed by atoms with E-state index in [4.69, 9.17) is 27.9 Å². The summed E-state index contributed by atoms with van der Waals surface area (Å²) in [7, 11) is 1.80. The van der Waals surface area contributed by atoms with Crippen LogP contribution >= 0.6 is 23.2 Å². The molecule has 4 heteroatoms. The maximum absolute atomic E-state index is 6.25. The molecular weight excluding hydrogens is 281 g/mol. The van der Waals surface area contributed by atoms with Crippen LogP contribution in [0.25, 0.3) is 10.9 Å². The topological polar surface area (TPSA) is 14.2 Å². The van der Waals surface area contributed by atoms with Crippen LogP contribution in [0.5, 0.6) is 0 Å². The fourth-order valence-electron chi connectivity index (χ4n) is 3.09. The average molecular weight is 298 g/mol. The molecule has 0 bridgehead atoms. The highest BCUT2D eigenvalue weighted by Crippen LogP contribution is 2.35. The highest BCUT2D eigenvalue weighted by molar-refractivity contribution is 6.38. The Morgan fingerprint density at radius 1 is 1.26 bits per heavy atom. The molecule has 1 aliphatic carbocycles. The number of hydrogen-bond acceptors (Lipinski definition) is 1. The van der Waals surface area contributed by atoms with Crippen LogP contribution in [-0.4, -0.2) is 17.8 Å². The number of fused-ring (bicyclic) bond motifs is 1. The summed E-state index contributed by atoms with van der Waals surface area (Å²) in [6.45, 7) is 0. The molecule has 19 heavy (non-hydrogen) atoms. The van der Waals surface area contributed by atoms with Crippen molar-refractivity contribution in [2.24, 2.45) is 0 Å². The molecule has 0 spiro atoms. The smallest absolute Gasteiger partial charge is 0.0591 e. The molecule has 1 aromatic carbocycles. The van der Waals surface area contributed by atoms with Crippen LogP contribution in [0.4, 0.5) is 0 Å². The molecule has 1 fully saturated rings. The zero-order valence-corrected chi connectivity index (χ0v) is 12.4. The van der Waals surface area contributed by atoms with Gasteiger partial charge in [0.2, 0.25) is 0 Å². The number of rotatable bonds is 2. The standard InChI is InChI=1S/C15H17Cl2NO/c1-19-12-4-2-3-11(9-12)18-6-5-13-14(17)7-10(16)8-15(13)18/h5-8,11-12H,2-4,9H2,1H3. The van der Waals surface area contributed by atoms with Gasteiger partial charge in [-0.3, -0.25) is 0 Å². The van der Waals surface area contributed by atoms with Crippen molar-refractivity contribution in [2.45, 2.75) is 37.8 Å². The Labute approximate surface area is 123 Å². The lowest BCUT2D eigenvalue weighted by Gasteiger charge is -2.30. The highest BCUT2D eigenvalue weighted by atomic mass is 35.5. The van der Waals surface area contributed by atoms with Gasteiger partial charge in [0.15, 0.2) is 0 Å². The SMILES string of the molecule is COC1CCCC(n2ccc3c(Cl)cc(Cl)cc32)C1. The van der Waals surface area contributed by atoms with Crippen molar-refractivity contribution in [1.82, 2.24) is 4.57 Å². The van der Waals surface area contributed by atoms with Gasteiger partial charge in [-0.25, -0.2) is 0 Å². The predicted molar refractivity (Wildman–Crippen MR) is 80.3 cm³/mol. The van der Waals surface area contributed by atoms with Crippen molar-refractivity contribution in [3.8, 4) is 0 Å². The molecule has 0 aliphatic heterocycles. The van der Waals surface area contributed by atoms with Gasteiger partial charge in [0.05, 0.1) is 16.6 Å². The molecule has 2 nitrogen and oxygen atoms in total. The normalized spacial score (nSPS) is 23.9. The number of aromatic nitrogens is 1. The van der Waals surface area contributed by atoms with Gasteiger partial charge >= 0.3 is 0 Å². The van der Waals surface area contributed by atoms with Crippen LogP contribution in [0.1, 0.15) is 31.7 Å². The van der Waals surface area contributed by atoms with Crippen LogP contribution in [0.2, 0.25) is 10.0 Å². The monoisotopic (exact) mass is 297 g/mol. The molecule has 1 saturated carbocycles. The molecular formula is C15H17Cl2NO. The Hall–Kier alpha value is -0.700. The third-order valence-corrected chi connectivity index (χ3v) is 4.61. The summed E-state index contributed by atoms with van der Waals surface area (Å²) in [6, 6.07) is 6.35. The number of nitrogens with zero attached hydrogens (tertiary/aromatic N) is 1. The zero-order valence-electron chi connectivity index (χ0n) is 10.9. The second-order valence-corrected chi connectivity index (χ2v) is 6.07. The van der Waals surface area contributed by atoms with Crippen LogP contribution < -0.4 is 0 Å². The first kappa shape index (κ1) is 13.3. The van der Waals surface area contributed by atoms with E-state index in [0.29, 0.717) is 17.2 Å². The summed E-state index contributed by atoms with van der Waals surface area (Å²) >= 11 is 12.4. The third kappa shape index (κ3) is 2.49. The summed E-state index contributed by atoms with van der Waals surface area (Å²) in [4.78, 5) is 0. The second kappa shape index (κ2) is 5.35. The van der Waals surface area contributed by atoms with E-state index < -0.39 is 0 Å². The van der Waals surface area contributed by atoms with Gasteiger partial charge in [0, 0.05) is 29.8 Å². The van der Waals surface area contributed by atoms with E-state index in [0.717, 1.165) is 28.8 Å². The second-order valence-electron chi connectivity index (χ2n) is 5.22. The maximum Gasteiger partial charge on any atom is 0.0591 e. The minimum absolute atomic E-state index is 0.367. The lowest BCUT2D eigenvalue weighted by molar-refractivity contribution is 0.0538. The fraction of sp³-hybridized carbons (Fsp3) is 0.467. The van der Waals surface area contributed by atoms with Gasteiger partial charge in [-0.2, -0.15) is 0 Å². The number of ether oxygens (including phenoxy) is 1. The average Bonchev–Trinajstić information content (AvgIpc) is 2.82. The molecule has 1 aliphatic rings. The lowest BCUT2D eigenvalue weighted by atomic mass is 9.92. The third-order valence-electron chi connectivity index (χ3n) is 4.08. The van der Waals surface area contributed by atoms with E-state index in [-0.39, 0.29) is 0 Å². The van der Waals surface area contributed by atoms with E-state index in [1.807, 2.05) is 6.07 Å². The predicted octanol–water partition coefficient (Wildman–Crippen LogP) is 5.08. The number of hydrogen-bond donors (Lipinski definition) is 0. The van der Waals surface area contributed by atoms with Gasteiger partial charge in [-0.1, -0.05) is 23.2 Å². The van der Waals surface area contributed by atoms with E-state index >= 15 is 0 Å². The van der Waals surface area contributed by atoms with Crippen molar-refractivity contribution >= 4 is 34.1 Å². The molecule has 0 amide bonds. The van der Waals surface area contributed by atoms with Gasteiger partial charge < -0.3 is 9.30 Å². The van der Waals surface area contributed by atoms with E-state index in [1.54, 1.807) is 13.2 Å². The van der Waals surface area contributed by atoms with Gasteiger partial charge in [0.25, 0.3) is 0 Å². The molecule has 102 valence electrons. The number of methoxy groups -OCH3 is 1. The van der Waals surface area contributed by atoms with Gasteiger partial charge in [0.1, 0.15) is 0 Å². The van der Waals surface area contributed by atoms with Crippen molar-refractivity contribution < 1.29 is 4.74 Å². The molecule has 1 aromatic heterocycles. The quantitative estimate of drug-likeness (QED) is 0.754. The van der Waals surface area contributed by atoms with E-state index in [1.165, 1.54) is 12.8 Å². The van der Waals surface area contributed by atoms with Crippen LogP contribution in [-0.2, 0) is 4.74 Å². The van der Waals surface area contributed by atoms with Crippen molar-refractivity contribution in [1.29, 1.82) is 0 Å². The summed E-state index contributed by atoms with van der Waals surface area (Å²) < 4.78 is 7.82. The first-order valence-corrected chi connectivity index (χ1v) is 7.43. The van der Waals surface area contributed by atoms with E-state index in [2.05, 4.69) is 16.8 Å². The Morgan fingerprint density at radius 3 is 2.89 bits per heavy atom. The largest absolute Gasteiger partial charge is 0.381 e. The Bertz CT molecular complexity index is 593. The van der Waals surface area contributed by atoms with E-state index in [9.17, 15) is 0 Å². The Kier molecular flexibility index (Phi) is 3.75. The van der Waals surface area contributed by atoms with Crippen LogP contribution in [0.3, 0.4) is 0 Å². The van der Waals surface area contributed by atoms with Crippen LogP contribution in [0, 0.1) is 0 Å². The number of halogens is 2. The molecule has 2 unspecified atom stereocenters. The number of benzene rings is 1. The molecule has 2 atom stereocenters. The summed E-state index contributed by atoms with van der Waals surface area (Å²) in [5.74, 6) is 0. The molecule has 3 rings (SSSR count). The Morgan fingerprint density at radius 2 is 2.11 bits per heavy atom. The first-order valence-electron chi connectivity index (χ1n) is 6.67. The highest BCUT2D eigenvalue weighted by Gasteiger charge is 2.24. The molecule has 2 aromatic rings. The van der Waals surface area contributed by atoms with Crippen molar-refractivity contribution in [3.05, 3.63) is 34.4 Å². The van der Waals surface area contributed by atoms with Crippen molar-refractivity contribution in [3.63, 3.8) is 0 Å². The summed E-state index contributed by atoms with van der Waals surface area (Å²) in [6.07, 6.45) is 7.10. The Balaban J connectivity index is 2.00. The first-order chi connectivity index (χ1) is 9.19. The molecule has 1 heterocycles. The molecule has 0 N–H and O–H groups in total. The fourth-order valence-corrected chi connectivity index (χ4v) is 3.64. The van der Waals surface area contributed by atoms with Crippen LogP contribution in [0.15, 0.2) is 24.4 Å². The minimum atomic E-state index is 0.367. The minimum Gasteiger partial charge on any atom is -0.381 e.